The quantitative estimate of drug-likeness (QED) is 0.481. The minimum absolute atomic E-state index is 0.175. The summed E-state index contributed by atoms with van der Waals surface area (Å²) in [6.07, 6.45) is 2.44. The molecule has 0 atom stereocenters. The Morgan fingerprint density at radius 2 is 2.07 bits per heavy atom. The van der Waals surface area contributed by atoms with Crippen molar-refractivity contribution in [1.82, 2.24) is 15.6 Å². The third-order valence-corrected chi connectivity index (χ3v) is 5.91. The summed E-state index contributed by atoms with van der Waals surface area (Å²) in [7, 11) is 0. The Bertz CT molecular complexity index is 1240. The van der Waals surface area contributed by atoms with Gasteiger partial charge >= 0.3 is 0 Å². The van der Waals surface area contributed by atoms with Crippen LogP contribution in [0.1, 0.15) is 22.3 Å². The minimum atomic E-state index is -0.223. The van der Waals surface area contributed by atoms with Gasteiger partial charge in [0.2, 0.25) is 0 Å². The summed E-state index contributed by atoms with van der Waals surface area (Å²) >= 11 is 6.25. The lowest BCUT2D eigenvalue weighted by molar-refractivity contribution is -0.115. The predicted octanol–water partition coefficient (Wildman–Crippen LogP) is 3.14. The van der Waals surface area contributed by atoms with E-state index in [1.165, 1.54) is 11.8 Å². The summed E-state index contributed by atoms with van der Waals surface area (Å²) in [6.45, 7) is 1.01. The third-order valence-electron chi connectivity index (χ3n) is 4.74. The second kappa shape index (κ2) is 7.54. The molecule has 30 heavy (non-hydrogen) atoms. The number of hydrogen-bond acceptors (Lipinski definition) is 8. The first kappa shape index (κ1) is 18.8. The van der Waals surface area contributed by atoms with Crippen LogP contribution in [-0.2, 0) is 4.79 Å². The van der Waals surface area contributed by atoms with Crippen LogP contribution in [0, 0.1) is 0 Å². The lowest BCUT2D eigenvalue weighted by Gasteiger charge is -2.22. The molecular weight excluding hydrogens is 424 g/mol. The van der Waals surface area contributed by atoms with Crippen molar-refractivity contribution in [3.05, 3.63) is 52.4 Å². The van der Waals surface area contributed by atoms with Gasteiger partial charge in [0.15, 0.2) is 0 Å². The number of thiocarbonyl (C=S) groups is 1. The van der Waals surface area contributed by atoms with E-state index in [9.17, 15) is 9.59 Å². The van der Waals surface area contributed by atoms with E-state index in [0.29, 0.717) is 56.8 Å². The molecule has 0 aliphatic carbocycles. The number of rotatable bonds is 2. The fourth-order valence-electron chi connectivity index (χ4n) is 3.34. The number of ether oxygens (including phenoxy) is 1. The van der Waals surface area contributed by atoms with Crippen molar-refractivity contribution in [2.75, 3.05) is 18.1 Å². The predicted molar refractivity (Wildman–Crippen MR) is 116 cm³/mol. The van der Waals surface area contributed by atoms with Crippen molar-refractivity contribution in [3.63, 3.8) is 0 Å². The number of carbonyl (C=O) groups excluding carboxylic acids is 2. The number of anilines is 1. The SMILES string of the molecule is O=C1NC(=S)SC1=Cc1ccc2c(c1)N(C(=O)c1ccc3nonc3c1)CCCO2. The highest BCUT2D eigenvalue weighted by Crippen LogP contribution is 2.35. The van der Waals surface area contributed by atoms with E-state index < -0.39 is 0 Å². The molecule has 2 aliphatic rings. The monoisotopic (exact) mass is 438 g/mol. The van der Waals surface area contributed by atoms with Gasteiger partial charge in [0.1, 0.15) is 21.1 Å². The van der Waals surface area contributed by atoms with E-state index in [2.05, 4.69) is 15.6 Å². The molecule has 150 valence electrons. The van der Waals surface area contributed by atoms with Gasteiger partial charge in [-0.25, -0.2) is 4.63 Å². The van der Waals surface area contributed by atoms with Gasteiger partial charge in [0, 0.05) is 12.1 Å². The highest BCUT2D eigenvalue weighted by molar-refractivity contribution is 8.26. The number of thioether (sulfide) groups is 1. The molecule has 1 fully saturated rings. The van der Waals surface area contributed by atoms with E-state index in [1.54, 1.807) is 29.2 Å². The summed E-state index contributed by atoms with van der Waals surface area (Å²) in [4.78, 5) is 27.5. The second-order valence-electron chi connectivity index (χ2n) is 6.71. The number of nitrogens with one attached hydrogen (secondary N) is 1. The molecule has 10 heteroatoms. The number of fused-ring (bicyclic) bond motifs is 2. The molecule has 2 aliphatic heterocycles. The van der Waals surface area contributed by atoms with Crippen LogP contribution >= 0.6 is 24.0 Å². The van der Waals surface area contributed by atoms with Gasteiger partial charge < -0.3 is 15.0 Å². The average molecular weight is 438 g/mol. The van der Waals surface area contributed by atoms with Gasteiger partial charge in [-0.2, -0.15) is 0 Å². The molecule has 1 N–H and O–H groups in total. The Labute approximate surface area is 180 Å². The highest BCUT2D eigenvalue weighted by atomic mass is 32.2. The Morgan fingerprint density at radius 1 is 1.20 bits per heavy atom. The van der Waals surface area contributed by atoms with E-state index in [-0.39, 0.29) is 11.8 Å². The standard InChI is InChI=1S/C20H14N4O4S2/c25-18-17(30-20(29)21-18)9-11-2-5-16-15(8-11)24(6-1-7-27-16)19(26)12-3-4-13-14(10-12)23-28-22-13/h2-5,8-10H,1,6-7H2,(H,21,25,29). The zero-order valence-electron chi connectivity index (χ0n) is 15.5. The molecule has 0 unspecified atom stereocenters. The molecule has 1 saturated heterocycles. The molecule has 0 spiro atoms. The first-order chi connectivity index (χ1) is 14.6. The zero-order valence-corrected chi connectivity index (χ0v) is 17.1. The summed E-state index contributed by atoms with van der Waals surface area (Å²) in [5, 5.41) is 10.2. The topological polar surface area (TPSA) is 97.6 Å². The molecule has 3 aromatic rings. The fraction of sp³-hybridized carbons (Fsp3) is 0.150. The lowest BCUT2D eigenvalue weighted by Crippen LogP contribution is -2.31. The van der Waals surface area contributed by atoms with Gasteiger partial charge in [-0.1, -0.05) is 30.0 Å². The number of nitrogens with zero attached hydrogens (tertiary/aromatic N) is 3. The molecule has 2 amide bonds. The fourth-order valence-corrected chi connectivity index (χ4v) is 4.38. The van der Waals surface area contributed by atoms with Crippen LogP contribution in [-0.4, -0.2) is 39.6 Å². The zero-order chi connectivity index (χ0) is 20.7. The maximum absolute atomic E-state index is 13.3. The highest BCUT2D eigenvalue weighted by Gasteiger charge is 2.25. The number of carbonyl (C=O) groups is 2. The first-order valence-corrected chi connectivity index (χ1v) is 10.4. The van der Waals surface area contributed by atoms with Crippen LogP contribution in [0.3, 0.4) is 0 Å². The van der Waals surface area contributed by atoms with Crippen molar-refractivity contribution >= 4 is 62.9 Å². The number of aromatic nitrogens is 2. The van der Waals surface area contributed by atoms with Gasteiger partial charge in [-0.05, 0) is 58.7 Å². The Hall–Kier alpha value is -3.24. The van der Waals surface area contributed by atoms with E-state index in [1.807, 2.05) is 18.2 Å². The minimum Gasteiger partial charge on any atom is -0.491 e. The van der Waals surface area contributed by atoms with Crippen LogP contribution < -0.4 is 15.0 Å². The largest absolute Gasteiger partial charge is 0.491 e. The van der Waals surface area contributed by atoms with Crippen molar-refractivity contribution in [1.29, 1.82) is 0 Å². The molecule has 5 rings (SSSR count). The normalized spacial score (nSPS) is 17.6. The number of amides is 2. The van der Waals surface area contributed by atoms with Crippen LogP contribution in [0.25, 0.3) is 17.1 Å². The maximum Gasteiger partial charge on any atom is 0.263 e. The number of benzene rings is 2. The van der Waals surface area contributed by atoms with Crippen LogP contribution in [0.2, 0.25) is 0 Å². The molecule has 0 saturated carbocycles. The van der Waals surface area contributed by atoms with E-state index in [4.69, 9.17) is 21.6 Å². The molecule has 2 aromatic carbocycles. The molecular formula is C20H14N4O4S2. The number of hydrogen-bond donors (Lipinski definition) is 1. The first-order valence-electron chi connectivity index (χ1n) is 9.14. The molecule has 1 aromatic heterocycles. The van der Waals surface area contributed by atoms with Gasteiger partial charge in [-0.15, -0.1) is 0 Å². The van der Waals surface area contributed by atoms with Gasteiger partial charge in [-0.3, -0.25) is 9.59 Å². The maximum atomic E-state index is 13.3. The summed E-state index contributed by atoms with van der Waals surface area (Å²) in [5.41, 5.74) is 3.01. The Kier molecular flexibility index (Phi) is 4.72. The van der Waals surface area contributed by atoms with Gasteiger partial charge in [0.05, 0.1) is 17.2 Å². The Morgan fingerprint density at radius 3 is 2.90 bits per heavy atom. The smallest absolute Gasteiger partial charge is 0.263 e. The van der Waals surface area contributed by atoms with E-state index in [0.717, 1.165) is 5.56 Å². The Balaban J connectivity index is 1.53. The lowest BCUT2D eigenvalue weighted by atomic mass is 10.1. The van der Waals surface area contributed by atoms with Crippen molar-refractivity contribution in [3.8, 4) is 5.75 Å². The molecule has 3 heterocycles. The summed E-state index contributed by atoms with van der Waals surface area (Å²) < 4.78 is 11.0. The molecule has 0 radical (unpaired) electrons. The van der Waals surface area contributed by atoms with Gasteiger partial charge in [0.25, 0.3) is 11.8 Å². The molecule has 8 nitrogen and oxygen atoms in total. The third kappa shape index (κ3) is 3.44. The van der Waals surface area contributed by atoms with Crippen molar-refractivity contribution in [2.24, 2.45) is 0 Å². The summed E-state index contributed by atoms with van der Waals surface area (Å²) in [6, 6.07) is 10.6. The van der Waals surface area contributed by atoms with Crippen molar-refractivity contribution < 1.29 is 19.0 Å². The van der Waals surface area contributed by atoms with Crippen LogP contribution in [0.4, 0.5) is 5.69 Å². The van der Waals surface area contributed by atoms with Crippen LogP contribution in [0.15, 0.2) is 45.9 Å². The van der Waals surface area contributed by atoms with Crippen molar-refractivity contribution in [2.45, 2.75) is 6.42 Å². The average Bonchev–Trinajstić information content (AvgIpc) is 3.26. The van der Waals surface area contributed by atoms with Crippen LogP contribution in [0.5, 0.6) is 5.75 Å². The van der Waals surface area contributed by atoms with E-state index >= 15 is 0 Å². The summed E-state index contributed by atoms with van der Waals surface area (Å²) in [5.74, 6) is 0.218. The molecule has 0 bridgehead atoms. The second-order valence-corrected chi connectivity index (χ2v) is 8.42.